The minimum atomic E-state index is -0.956. The molecule has 0 amide bonds. The van der Waals surface area contributed by atoms with Crippen molar-refractivity contribution in [2.75, 3.05) is 12.4 Å². The van der Waals surface area contributed by atoms with Crippen molar-refractivity contribution in [3.63, 3.8) is 0 Å². The van der Waals surface area contributed by atoms with Crippen LogP contribution < -0.4 is 5.32 Å². The van der Waals surface area contributed by atoms with Gasteiger partial charge in [-0.05, 0) is 25.0 Å². The van der Waals surface area contributed by atoms with Crippen molar-refractivity contribution in [2.24, 2.45) is 0 Å². The van der Waals surface area contributed by atoms with E-state index in [4.69, 9.17) is 0 Å². The summed E-state index contributed by atoms with van der Waals surface area (Å²) < 4.78 is 40.9. The number of halogens is 3. The minimum absolute atomic E-state index is 0.0523. The largest absolute Gasteiger partial charge is 0.385 e. The summed E-state index contributed by atoms with van der Waals surface area (Å²) in [5.74, 6) is -1.48. The van der Waals surface area contributed by atoms with Crippen LogP contribution in [0.15, 0.2) is 0 Å². The average molecular weight is 245 g/mol. The predicted molar refractivity (Wildman–Crippen MR) is 60.7 cm³/mol. The number of aryl methyl sites for hydroxylation is 2. The zero-order valence-corrected chi connectivity index (χ0v) is 9.86. The second-order valence-corrected chi connectivity index (χ2v) is 4.55. The van der Waals surface area contributed by atoms with E-state index in [1.54, 1.807) is 14.0 Å². The topological polar surface area (TPSA) is 12.0 Å². The molecule has 0 bridgehead atoms. The number of thiophene rings is 1. The van der Waals surface area contributed by atoms with E-state index in [0.29, 0.717) is 27.3 Å². The lowest BCUT2D eigenvalue weighted by molar-refractivity contribution is 0.536. The first-order valence-electron chi connectivity index (χ1n) is 4.73. The molecule has 0 unspecified atom stereocenters. The van der Waals surface area contributed by atoms with Crippen LogP contribution in [0.4, 0.5) is 18.9 Å². The lowest BCUT2D eigenvalue weighted by Crippen LogP contribution is -1.99. The standard InChI is InChI=1S/C11H10F3NS/c1-4-6-8(13)11(14)16-10(6)5(2)9(15-3)7(4)12/h15H,1-3H3. The minimum Gasteiger partial charge on any atom is -0.385 e. The third kappa shape index (κ3) is 1.31. The van der Waals surface area contributed by atoms with E-state index in [1.807, 2.05) is 0 Å². The summed E-state index contributed by atoms with van der Waals surface area (Å²) in [4.78, 5) is 0. The van der Waals surface area contributed by atoms with Gasteiger partial charge in [0, 0.05) is 17.1 Å². The van der Waals surface area contributed by atoms with Crippen LogP contribution in [0.5, 0.6) is 0 Å². The number of nitrogens with one attached hydrogen (secondary N) is 1. The van der Waals surface area contributed by atoms with Gasteiger partial charge in [0.1, 0.15) is 5.82 Å². The van der Waals surface area contributed by atoms with Crippen molar-refractivity contribution in [3.05, 3.63) is 27.9 Å². The van der Waals surface area contributed by atoms with Gasteiger partial charge >= 0.3 is 0 Å². The maximum Gasteiger partial charge on any atom is 0.213 e. The molecule has 1 aromatic heterocycles. The third-order valence-corrected chi connectivity index (χ3v) is 3.77. The monoisotopic (exact) mass is 245 g/mol. The summed E-state index contributed by atoms with van der Waals surface area (Å²) in [5, 5.41) is 1.87. The van der Waals surface area contributed by atoms with Gasteiger partial charge in [-0.25, -0.2) is 8.78 Å². The summed E-state index contributed by atoms with van der Waals surface area (Å²) in [7, 11) is 1.58. The first-order valence-corrected chi connectivity index (χ1v) is 5.54. The molecular formula is C11H10F3NS. The molecule has 0 fully saturated rings. The highest BCUT2D eigenvalue weighted by Gasteiger charge is 2.21. The summed E-state index contributed by atoms with van der Waals surface area (Å²) in [6, 6.07) is 0. The Balaban J connectivity index is 3.01. The van der Waals surface area contributed by atoms with Gasteiger partial charge in [0.25, 0.3) is 0 Å². The van der Waals surface area contributed by atoms with Crippen molar-refractivity contribution in [1.82, 2.24) is 0 Å². The molecule has 86 valence electrons. The molecule has 16 heavy (non-hydrogen) atoms. The van der Waals surface area contributed by atoms with Crippen LogP contribution in [0.2, 0.25) is 0 Å². The Morgan fingerprint density at radius 2 is 1.62 bits per heavy atom. The Bertz CT molecular complexity index is 575. The molecule has 2 aromatic rings. The molecule has 1 N–H and O–H groups in total. The molecule has 0 radical (unpaired) electrons. The van der Waals surface area contributed by atoms with Gasteiger partial charge in [0.2, 0.25) is 5.13 Å². The molecule has 1 nitrogen and oxygen atoms in total. The van der Waals surface area contributed by atoms with Crippen LogP contribution >= 0.6 is 11.3 Å². The van der Waals surface area contributed by atoms with Gasteiger partial charge in [-0.15, -0.1) is 11.3 Å². The van der Waals surface area contributed by atoms with Gasteiger partial charge in [0.15, 0.2) is 5.82 Å². The fourth-order valence-electron chi connectivity index (χ4n) is 1.85. The van der Waals surface area contributed by atoms with Crippen molar-refractivity contribution >= 4 is 27.1 Å². The summed E-state index contributed by atoms with van der Waals surface area (Å²) in [6.45, 7) is 3.10. The zero-order valence-electron chi connectivity index (χ0n) is 9.04. The number of benzene rings is 1. The Kier molecular flexibility index (Phi) is 2.58. The number of hydrogen-bond acceptors (Lipinski definition) is 2. The van der Waals surface area contributed by atoms with Gasteiger partial charge in [-0.3, -0.25) is 0 Å². The molecule has 0 saturated heterocycles. The van der Waals surface area contributed by atoms with Crippen LogP contribution in [-0.4, -0.2) is 7.05 Å². The van der Waals surface area contributed by atoms with Crippen molar-refractivity contribution in [2.45, 2.75) is 13.8 Å². The zero-order chi connectivity index (χ0) is 12.0. The van der Waals surface area contributed by atoms with E-state index >= 15 is 0 Å². The van der Waals surface area contributed by atoms with E-state index in [9.17, 15) is 13.2 Å². The Labute approximate surface area is 94.9 Å². The van der Waals surface area contributed by atoms with Gasteiger partial charge < -0.3 is 5.32 Å². The normalized spacial score (nSPS) is 11.1. The summed E-state index contributed by atoms with van der Waals surface area (Å²) in [6.07, 6.45) is 0. The highest BCUT2D eigenvalue weighted by molar-refractivity contribution is 7.17. The van der Waals surface area contributed by atoms with Gasteiger partial charge in [0.05, 0.1) is 5.69 Å². The molecule has 0 aliphatic carbocycles. The van der Waals surface area contributed by atoms with E-state index in [-0.39, 0.29) is 10.9 Å². The predicted octanol–water partition coefficient (Wildman–Crippen LogP) is 3.98. The lowest BCUT2D eigenvalue weighted by Gasteiger charge is -2.10. The summed E-state index contributed by atoms with van der Waals surface area (Å²) in [5.41, 5.74) is 0.974. The Morgan fingerprint density at radius 3 is 2.19 bits per heavy atom. The number of anilines is 1. The third-order valence-electron chi connectivity index (χ3n) is 2.70. The molecule has 0 aliphatic heterocycles. The quantitative estimate of drug-likeness (QED) is 0.801. The molecule has 0 aliphatic rings. The first kappa shape index (κ1) is 11.3. The number of hydrogen-bond donors (Lipinski definition) is 1. The first-order chi connectivity index (χ1) is 7.49. The van der Waals surface area contributed by atoms with E-state index < -0.39 is 16.8 Å². The lowest BCUT2D eigenvalue weighted by atomic mass is 10.0. The van der Waals surface area contributed by atoms with Crippen LogP contribution in [0.1, 0.15) is 11.1 Å². The highest BCUT2D eigenvalue weighted by atomic mass is 32.1. The van der Waals surface area contributed by atoms with Crippen LogP contribution in [0.25, 0.3) is 10.1 Å². The maximum atomic E-state index is 13.8. The molecule has 2 rings (SSSR count). The molecule has 5 heteroatoms. The fourth-order valence-corrected chi connectivity index (χ4v) is 2.83. The smallest absolute Gasteiger partial charge is 0.213 e. The molecule has 0 saturated carbocycles. The Hall–Kier alpha value is -1.23. The van der Waals surface area contributed by atoms with Gasteiger partial charge in [-0.2, -0.15) is 4.39 Å². The van der Waals surface area contributed by atoms with Crippen molar-refractivity contribution in [3.8, 4) is 0 Å². The number of fused-ring (bicyclic) bond motifs is 1. The van der Waals surface area contributed by atoms with E-state index in [1.165, 1.54) is 6.92 Å². The van der Waals surface area contributed by atoms with Crippen LogP contribution in [0, 0.1) is 30.6 Å². The van der Waals surface area contributed by atoms with Crippen LogP contribution in [0.3, 0.4) is 0 Å². The van der Waals surface area contributed by atoms with Gasteiger partial charge in [-0.1, -0.05) is 0 Å². The highest BCUT2D eigenvalue weighted by Crippen LogP contribution is 2.38. The molecule has 0 atom stereocenters. The van der Waals surface area contributed by atoms with Crippen LogP contribution in [-0.2, 0) is 0 Å². The SMILES string of the molecule is CNc1c(F)c(C)c2c(F)c(F)sc2c1C. The second-order valence-electron chi connectivity index (χ2n) is 3.58. The maximum absolute atomic E-state index is 13.8. The Morgan fingerprint density at radius 1 is 1.00 bits per heavy atom. The average Bonchev–Trinajstić information content (AvgIpc) is 2.54. The molecule has 1 aromatic carbocycles. The van der Waals surface area contributed by atoms with E-state index in [0.717, 1.165) is 0 Å². The molecule has 1 heterocycles. The summed E-state index contributed by atoms with van der Waals surface area (Å²) >= 11 is 0.709. The fraction of sp³-hybridized carbons (Fsp3) is 0.273. The molecule has 0 spiro atoms. The molecular weight excluding hydrogens is 235 g/mol. The second kappa shape index (κ2) is 3.66. The van der Waals surface area contributed by atoms with Crippen molar-refractivity contribution in [1.29, 1.82) is 0 Å². The number of rotatable bonds is 1. The van der Waals surface area contributed by atoms with Crippen molar-refractivity contribution < 1.29 is 13.2 Å². The van der Waals surface area contributed by atoms with E-state index in [2.05, 4.69) is 5.32 Å².